The fourth-order valence-corrected chi connectivity index (χ4v) is 2.70. The van der Waals surface area contributed by atoms with Crippen LogP contribution in [0.15, 0.2) is 48.5 Å². The van der Waals surface area contributed by atoms with Crippen molar-refractivity contribution in [2.24, 2.45) is 0 Å². The van der Waals surface area contributed by atoms with E-state index in [4.69, 9.17) is 16.3 Å². The number of hydrogen-bond acceptors (Lipinski definition) is 3. The van der Waals surface area contributed by atoms with Gasteiger partial charge in [-0.25, -0.2) is 0 Å². The molecule has 2 atom stereocenters. The maximum atomic E-state index is 10.1. The molecule has 0 aliphatic carbocycles. The summed E-state index contributed by atoms with van der Waals surface area (Å²) in [4.78, 5) is 0. The van der Waals surface area contributed by atoms with Gasteiger partial charge in [-0.1, -0.05) is 49.2 Å². The molecule has 0 heterocycles. The molecule has 0 saturated heterocycles. The summed E-state index contributed by atoms with van der Waals surface area (Å²) >= 11 is 6.00. The van der Waals surface area contributed by atoms with Crippen LogP contribution in [0.4, 0.5) is 0 Å². The number of rotatable bonds is 9. The van der Waals surface area contributed by atoms with Gasteiger partial charge in [0, 0.05) is 17.6 Å². The van der Waals surface area contributed by atoms with Crippen molar-refractivity contribution in [2.45, 2.75) is 38.8 Å². The molecular formula is C20H27Cl2NO2. The molecule has 0 spiro atoms. The Balaban J connectivity index is 0.00000312. The summed E-state index contributed by atoms with van der Waals surface area (Å²) in [6.07, 6.45) is 1.64. The van der Waals surface area contributed by atoms with Gasteiger partial charge in [0.15, 0.2) is 0 Å². The molecular weight excluding hydrogens is 357 g/mol. The molecule has 0 amide bonds. The highest BCUT2D eigenvalue weighted by Gasteiger charge is 2.10. The lowest BCUT2D eigenvalue weighted by Gasteiger charge is -2.18. The molecule has 0 fully saturated rings. The molecule has 2 N–H and O–H groups in total. The minimum Gasteiger partial charge on any atom is -0.491 e. The summed E-state index contributed by atoms with van der Waals surface area (Å²) in [6.45, 7) is 4.94. The first-order valence-electron chi connectivity index (χ1n) is 8.47. The van der Waals surface area contributed by atoms with E-state index in [9.17, 15) is 5.11 Å². The van der Waals surface area contributed by atoms with Crippen LogP contribution in [-0.2, 0) is 6.42 Å². The number of benzene rings is 2. The molecule has 5 heteroatoms. The van der Waals surface area contributed by atoms with Gasteiger partial charge < -0.3 is 15.2 Å². The number of aryl methyl sites for hydroxylation is 1. The molecule has 0 radical (unpaired) electrons. The van der Waals surface area contributed by atoms with Crippen LogP contribution in [0.3, 0.4) is 0 Å². The van der Waals surface area contributed by atoms with Crippen LogP contribution in [0.5, 0.6) is 5.75 Å². The Morgan fingerprint density at radius 2 is 1.88 bits per heavy atom. The molecule has 2 aromatic rings. The zero-order valence-corrected chi connectivity index (χ0v) is 16.3. The Kier molecular flexibility index (Phi) is 9.91. The third kappa shape index (κ3) is 7.66. The van der Waals surface area contributed by atoms with Crippen molar-refractivity contribution < 1.29 is 9.84 Å². The zero-order valence-electron chi connectivity index (χ0n) is 14.7. The standard InChI is InChI=1S/C20H26ClNO2.ClH/c1-3-5-16-8-10-20(11-9-16)24-14-19(23)13-22-15(2)17-6-4-7-18(21)12-17;/h4,6-12,15,19,22-23H,3,5,13-14H2,1-2H3;1H. The van der Waals surface area contributed by atoms with Crippen molar-refractivity contribution in [2.75, 3.05) is 13.2 Å². The summed E-state index contributed by atoms with van der Waals surface area (Å²) in [5.74, 6) is 0.789. The molecule has 138 valence electrons. The van der Waals surface area contributed by atoms with Gasteiger partial charge in [-0.05, 0) is 48.7 Å². The van der Waals surface area contributed by atoms with Crippen molar-refractivity contribution in [1.29, 1.82) is 0 Å². The van der Waals surface area contributed by atoms with Crippen LogP contribution >= 0.6 is 24.0 Å². The lowest BCUT2D eigenvalue weighted by molar-refractivity contribution is 0.104. The summed E-state index contributed by atoms with van der Waals surface area (Å²) in [7, 11) is 0. The van der Waals surface area contributed by atoms with E-state index in [1.807, 2.05) is 43.3 Å². The van der Waals surface area contributed by atoms with E-state index in [1.165, 1.54) is 5.56 Å². The number of ether oxygens (including phenoxy) is 1. The molecule has 2 rings (SSSR count). The number of hydrogen-bond donors (Lipinski definition) is 2. The monoisotopic (exact) mass is 383 g/mol. The lowest BCUT2D eigenvalue weighted by atomic mass is 10.1. The first kappa shape index (κ1) is 21.8. The molecule has 25 heavy (non-hydrogen) atoms. The van der Waals surface area contributed by atoms with Crippen molar-refractivity contribution in [3.8, 4) is 5.75 Å². The summed E-state index contributed by atoms with van der Waals surface area (Å²) in [5.41, 5.74) is 2.41. The Morgan fingerprint density at radius 1 is 1.16 bits per heavy atom. The summed E-state index contributed by atoms with van der Waals surface area (Å²) in [5, 5.41) is 14.1. The molecule has 0 saturated carbocycles. The third-order valence-electron chi connectivity index (χ3n) is 3.91. The number of nitrogens with one attached hydrogen (secondary N) is 1. The van der Waals surface area contributed by atoms with Gasteiger partial charge in [0.05, 0.1) is 0 Å². The van der Waals surface area contributed by atoms with Crippen LogP contribution in [0.1, 0.15) is 37.4 Å². The fraction of sp³-hybridized carbons (Fsp3) is 0.400. The molecule has 0 aliphatic heterocycles. The molecule has 0 bridgehead atoms. The Labute approximate surface area is 161 Å². The first-order valence-corrected chi connectivity index (χ1v) is 8.85. The first-order chi connectivity index (χ1) is 11.6. The van der Waals surface area contributed by atoms with Crippen LogP contribution < -0.4 is 10.1 Å². The molecule has 3 nitrogen and oxygen atoms in total. The van der Waals surface area contributed by atoms with Crippen molar-refractivity contribution in [3.63, 3.8) is 0 Å². The highest BCUT2D eigenvalue weighted by molar-refractivity contribution is 6.30. The highest BCUT2D eigenvalue weighted by atomic mass is 35.5. The van der Waals surface area contributed by atoms with Crippen LogP contribution in [0.25, 0.3) is 0 Å². The van der Waals surface area contributed by atoms with E-state index in [-0.39, 0.29) is 25.1 Å². The van der Waals surface area contributed by atoms with E-state index in [2.05, 4.69) is 24.4 Å². The minimum atomic E-state index is -0.568. The maximum absolute atomic E-state index is 10.1. The normalized spacial score (nSPS) is 13.0. The fourth-order valence-electron chi connectivity index (χ4n) is 2.50. The Morgan fingerprint density at radius 3 is 2.52 bits per heavy atom. The van der Waals surface area contributed by atoms with Gasteiger partial charge in [0.25, 0.3) is 0 Å². The van der Waals surface area contributed by atoms with Gasteiger partial charge in [0.1, 0.15) is 18.5 Å². The number of aliphatic hydroxyl groups excluding tert-OH is 1. The third-order valence-corrected chi connectivity index (χ3v) is 4.15. The van der Waals surface area contributed by atoms with E-state index in [0.29, 0.717) is 6.54 Å². The molecule has 2 unspecified atom stereocenters. The zero-order chi connectivity index (χ0) is 17.4. The average molecular weight is 384 g/mol. The second-order valence-electron chi connectivity index (χ2n) is 6.04. The number of aliphatic hydroxyl groups is 1. The van der Waals surface area contributed by atoms with Crippen molar-refractivity contribution in [1.82, 2.24) is 5.32 Å². The Bertz CT molecular complexity index is 619. The predicted octanol–water partition coefficient (Wildman–Crippen LogP) is 4.80. The van der Waals surface area contributed by atoms with Gasteiger partial charge >= 0.3 is 0 Å². The molecule has 0 aromatic heterocycles. The molecule has 2 aromatic carbocycles. The van der Waals surface area contributed by atoms with E-state index in [0.717, 1.165) is 29.2 Å². The summed E-state index contributed by atoms with van der Waals surface area (Å²) < 4.78 is 5.65. The van der Waals surface area contributed by atoms with E-state index in [1.54, 1.807) is 0 Å². The number of halogens is 2. The van der Waals surface area contributed by atoms with Gasteiger partial charge in [-0.2, -0.15) is 0 Å². The van der Waals surface area contributed by atoms with Crippen LogP contribution in [0, 0.1) is 0 Å². The smallest absolute Gasteiger partial charge is 0.119 e. The topological polar surface area (TPSA) is 41.5 Å². The van der Waals surface area contributed by atoms with Crippen LogP contribution in [-0.4, -0.2) is 24.4 Å². The van der Waals surface area contributed by atoms with E-state index < -0.39 is 6.10 Å². The predicted molar refractivity (Wildman–Crippen MR) is 107 cm³/mol. The van der Waals surface area contributed by atoms with Gasteiger partial charge in [0.2, 0.25) is 0 Å². The minimum absolute atomic E-state index is 0. The summed E-state index contributed by atoms with van der Waals surface area (Å²) in [6, 6.07) is 15.9. The highest BCUT2D eigenvalue weighted by Crippen LogP contribution is 2.17. The average Bonchev–Trinajstić information content (AvgIpc) is 2.59. The van der Waals surface area contributed by atoms with Gasteiger partial charge in [-0.3, -0.25) is 0 Å². The Hall–Kier alpha value is -1.26. The second-order valence-corrected chi connectivity index (χ2v) is 6.48. The quantitative estimate of drug-likeness (QED) is 0.652. The largest absolute Gasteiger partial charge is 0.491 e. The SMILES string of the molecule is CCCc1ccc(OCC(O)CNC(C)c2cccc(Cl)c2)cc1.Cl. The maximum Gasteiger partial charge on any atom is 0.119 e. The lowest BCUT2D eigenvalue weighted by Crippen LogP contribution is -2.33. The van der Waals surface area contributed by atoms with Crippen LogP contribution in [0.2, 0.25) is 5.02 Å². The van der Waals surface area contributed by atoms with E-state index >= 15 is 0 Å². The molecule has 0 aliphatic rings. The van der Waals surface area contributed by atoms with Crippen molar-refractivity contribution >= 4 is 24.0 Å². The van der Waals surface area contributed by atoms with Crippen molar-refractivity contribution in [3.05, 3.63) is 64.7 Å². The second kappa shape index (κ2) is 11.4. The van der Waals surface area contributed by atoms with Gasteiger partial charge in [-0.15, -0.1) is 12.4 Å².